The SMILES string of the molecule is CC(C)[N+](C)(CC[C@H](c1ccccc1)C1(C)C=CC=CC1O)C(C)C. The third kappa shape index (κ3) is 4.07. The molecule has 0 saturated carbocycles. The van der Waals surface area contributed by atoms with Gasteiger partial charge in [0.25, 0.3) is 0 Å². The number of benzene rings is 1. The normalized spacial score (nSPS) is 24.9. The van der Waals surface area contributed by atoms with E-state index < -0.39 is 6.10 Å². The van der Waals surface area contributed by atoms with E-state index in [0.29, 0.717) is 18.0 Å². The van der Waals surface area contributed by atoms with Crippen molar-refractivity contribution in [1.29, 1.82) is 0 Å². The lowest BCUT2D eigenvalue weighted by molar-refractivity contribution is -0.949. The van der Waals surface area contributed by atoms with Gasteiger partial charge < -0.3 is 9.59 Å². The maximum Gasteiger partial charge on any atom is 0.0833 e. The number of nitrogens with zero attached hydrogens (tertiary/aromatic N) is 1. The van der Waals surface area contributed by atoms with E-state index in [0.717, 1.165) is 17.4 Å². The number of hydrogen-bond donors (Lipinski definition) is 1. The standard InChI is InChI=1S/C23H36NO/c1-18(2)24(6,19(3)4)17-15-21(20-12-8-7-9-13-20)23(5)16-11-10-14-22(23)25/h7-14,16,18-19,21-22,25H,15,17H2,1-6H3/q+1/t21-,22?,23?/m1/s1. The predicted molar refractivity (Wildman–Crippen MR) is 108 cm³/mol. The summed E-state index contributed by atoms with van der Waals surface area (Å²) < 4.78 is 1.05. The van der Waals surface area contributed by atoms with Gasteiger partial charge in [-0.05, 0) is 33.3 Å². The van der Waals surface area contributed by atoms with Crippen LogP contribution >= 0.6 is 0 Å². The van der Waals surface area contributed by atoms with Gasteiger partial charge >= 0.3 is 0 Å². The topological polar surface area (TPSA) is 20.2 Å². The average Bonchev–Trinajstić information content (AvgIpc) is 2.58. The van der Waals surface area contributed by atoms with Gasteiger partial charge in [-0.1, -0.05) is 61.6 Å². The lowest BCUT2D eigenvalue weighted by atomic mass is 9.66. The smallest absolute Gasteiger partial charge is 0.0833 e. The lowest BCUT2D eigenvalue weighted by Gasteiger charge is -2.46. The zero-order chi connectivity index (χ0) is 18.7. The maximum atomic E-state index is 10.8. The summed E-state index contributed by atoms with van der Waals surface area (Å²) in [5.41, 5.74) is 1.05. The molecule has 2 unspecified atom stereocenters. The lowest BCUT2D eigenvalue weighted by Crippen LogP contribution is -2.55. The third-order valence-corrected chi connectivity index (χ3v) is 6.71. The predicted octanol–water partition coefficient (Wildman–Crippen LogP) is 4.92. The van der Waals surface area contributed by atoms with E-state index in [-0.39, 0.29) is 5.41 Å². The van der Waals surface area contributed by atoms with E-state index in [4.69, 9.17) is 0 Å². The number of aliphatic hydroxyl groups excluding tert-OH is 1. The molecule has 3 atom stereocenters. The third-order valence-electron chi connectivity index (χ3n) is 6.71. The zero-order valence-corrected chi connectivity index (χ0v) is 16.8. The fraction of sp³-hybridized carbons (Fsp3) is 0.565. The van der Waals surface area contributed by atoms with Gasteiger partial charge in [0.1, 0.15) is 0 Å². The van der Waals surface area contributed by atoms with Gasteiger partial charge in [0.15, 0.2) is 0 Å². The van der Waals surface area contributed by atoms with Crippen LogP contribution in [0.5, 0.6) is 0 Å². The molecule has 2 nitrogen and oxygen atoms in total. The van der Waals surface area contributed by atoms with Crippen molar-refractivity contribution in [3.8, 4) is 0 Å². The average molecular weight is 343 g/mol. The van der Waals surface area contributed by atoms with Gasteiger partial charge in [0.05, 0.1) is 31.8 Å². The van der Waals surface area contributed by atoms with Gasteiger partial charge in [-0.25, -0.2) is 0 Å². The Kier molecular flexibility index (Phi) is 6.29. The number of allylic oxidation sites excluding steroid dienone is 2. The molecule has 0 amide bonds. The molecule has 1 N–H and O–H groups in total. The Labute approximate surface area is 154 Å². The first-order valence-electron chi connectivity index (χ1n) is 9.65. The molecular weight excluding hydrogens is 306 g/mol. The quantitative estimate of drug-likeness (QED) is 0.698. The van der Waals surface area contributed by atoms with Crippen LogP contribution < -0.4 is 0 Å². The Bertz CT molecular complexity index is 594. The molecule has 1 aromatic carbocycles. The maximum absolute atomic E-state index is 10.8. The van der Waals surface area contributed by atoms with E-state index in [1.807, 2.05) is 12.2 Å². The van der Waals surface area contributed by atoms with Crippen LogP contribution in [0.25, 0.3) is 0 Å². The van der Waals surface area contributed by atoms with Crippen molar-refractivity contribution in [2.24, 2.45) is 5.41 Å². The number of hydrogen-bond acceptors (Lipinski definition) is 1. The van der Waals surface area contributed by atoms with E-state index in [9.17, 15) is 5.11 Å². The van der Waals surface area contributed by atoms with Crippen molar-refractivity contribution in [3.05, 3.63) is 60.2 Å². The molecule has 0 bridgehead atoms. The fourth-order valence-corrected chi connectivity index (χ4v) is 4.10. The van der Waals surface area contributed by atoms with E-state index in [1.54, 1.807) is 0 Å². The Morgan fingerprint density at radius 2 is 1.64 bits per heavy atom. The summed E-state index contributed by atoms with van der Waals surface area (Å²) >= 11 is 0. The van der Waals surface area contributed by atoms with Crippen molar-refractivity contribution in [2.75, 3.05) is 13.6 Å². The molecule has 0 aliphatic heterocycles. The molecule has 0 heterocycles. The minimum atomic E-state index is -0.445. The molecule has 0 saturated heterocycles. The molecule has 1 aliphatic carbocycles. The van der Waals surface area contributed by atoms with E-state index >= 15 is 0 Å². The highest BCUT2D eigenvalue weighted by molar-refractivity contribution is 5.30. The monoisotopic (exact) mass is 342 g/mol. The highest BCUT2D eigenvalue weighted by Gasteiger charge is 2.41. The fourth-order valence-electron chi connectivity index (χ4n) is 4.10. The summed E-state index contributed by atoms with van der Waals surface area (Å²) in [6.07, 6.45) is 8.78. The molecule has 0 radical (unpaired) electrons. The van der Waals surface area contributed by atoms with Crippen LogP contribution in [0.4, 0.5) is 0 Å². The summed E-state index contributed by atoms with van der Waals surface area (Å²) in [7, 11) is 2.37. The van der Waals surface area contributed by atoms with Crippen LogP contribution in [0.3, 0.4) is 0 Å². The first-order chi connectivity index (χ1) is 11.7. The Morgan fingerprint density at radius 3 is 2.16 bits per heavy atom. The first-order valence-corrected chi connectivity index (χ1v) is 9.65. The Morgan fingerprint density at radius 1 is 1.04 bits per heavy atom. The molecule has 25 heavy (non-hydrogen) atoms. The van der Waals surface area contributed by atoms with E-state index in [1.165, 1.54) is 5.56 Å². The van der Waals surface area contributed by atoms with Crippen molar-refractivity contribution in [2.45, 2.75) is 65.1 Å². The number of rotatable bonds is 7. The summed E-state index contributed by atoms with van der Waals surface area (Å²) in [5.74, 6) is 0.292. The van der Waals surface area contributed by atoms with Crippen molar-refractivity contribution in [3.63, 3.8) is 0 Å². The summed E-state index contributed by atoms with van der Waals surface area (Å²) in [6, 6.07) is 11.9. The Hall–Kier alpha value is -1.38. The largest absolute Gasteiger partial charge is 0.388 e. The van der Waals surface area contributed by atoms with Crippen molar-refractivity contribution in [1.82, 2.24) is 0 Å². The van der Waals surface area contributed by atoms with E-state index in [2.05, 4.69) is 84.2 Å². The molecule has 0 fully saturated rings. The molecule has 1 aromatic rings. The number of aliphatic hydroxyl groups is 1. The molecule has 0 aromatic heterocycles. The molecule has 2 heteroatoms. The molecule has 138 valence electrons. The molecule has 1 aliphatic rings. The second-order valence-electron chi connectivity index (χ2n) is 8.56. The van der Waals surface area contributed by atoms with Crippen LogP contribution in [-0.2, 0) is 0 Å². The molecule has 0 spiro atoms. The zero-order valence-electron chi connectivity index (χ0n) is 16.8. The highest BCUT2D eigenvalue weighted by atomic mass is 16.3. The second kappa shape index (κ2) is 7.88. The summed E-state index contributed by atoms with van der Waals surface area (Å²) in [4.78, 5) is 0. The summed E-state index contributed by atoms with van der Waals surface area (Å²) in [5, 5.41) is 10.8. The van der Waals surface area contributed by atoms with Crippen LogP contribution in [0.1, 0.15) is 52.5 Å². The minimum Gasteiger partial charge on any atom is -0.388 e. The first kappa shape index (κ1) is 19.9. The van der Waals surface area contributed by atoms with Crippen LogP contribution in [0.15, 0.2) is 54.6 Å². The van der Waals surface area contributed by atoms with Crippen LogP contribution in [0.2, 0.25) is 0 Å². The Balaban J connectivity index is 2.34. The minimum absolute atomic E-state index is 0.269. The summed E-state index contributed by atoms with van der Waals surface area (Å²) in [6.45, 7) is 12.6. The van der Waals surface area contributed by atoms with Gasteiger partial charge in [0, 0.05) is 17.8 Å². The number of quaternary nitrogens is 1. The van der Waals surface area contributed by atoms with Gasteiger partial charge in [-0.3, -0.25) is 0 Å². The second-order valence-corrected chi connectivity index (χ2v) is 8.56. The van der Waals surface area contributed by atoms with Crippen molar-refractivity contribution < 1.29 is 9.59 Å². The highest BCUT2D eigenvalue weighted by Crippen LogP contribution is 2.45. The van der Waals surface area contributed by atoms with Crippen LogP contribution in [0, 0.1) is 5.41 Å². The van der Waals surface area contributed by atoms with Gasteiger partial charge in [0.2, 0.25) is 0 Å². The van der Waals surface area contributed by atoms with Gasteiger partial charge in [-0.15, -0.1) is 0 Å². The molecule has 2 rings (SSSR count). The van der Waals surface area contributed by atoms with Gasteiger partial charge in [-0.2, -0.15) is 0 Å². The molecular formula is C23H36NO+. The van der Waals surface area contributed by atoms with Crippen LogP contribution in [-0.4, -0.2) is 41.4 Å². The van der Waals surface area contributed by atoms with Crippen molar-refractivity contribution >= 4 is 0 Å².